The van der Waals surface area contributed by atoms with E-state index in [1.807, 2.05) is 18.2 Å². The number of hydrogen-bond donors (Lipinski definition) is 2. The van der Waals surface area contributed by atoms with E-state index in [1.165, 1.54) is 4.70 Å². The average Bonchev–Trinajstić information content (AvgIpc) is 2.87. The monoisotopic (exact) mass is 289 g/mol. The highest BCUT2D eigenvalue weighted by molar-refractivity contribution is 7.18. The Morgan fingerprint density at radius 1 is 1.50 bits per heavy atom. The lowest BCUT2D eigenvalue weighted by Crippen LogP contribution is -2.42. The van der Waals surface area contributed by atoms with E-state index in [-0.39, 0.29) is 11.8 Å². The second-order valence-corrected chi connectivity index (χ2v) is 6.48. The number of fused-ring (bicyclic) bond motifs is 1. The van der Waals surface area contributed by atoms with Crippen LogP contribution in [0.5, 0.6) is 0 Å². The Balaban J connectivity index is 1.59. The first-order valence-corrected chi connectivity index (χ1v) is 7.89. The molecule has 0 radical (unpaired) electrons. The molecule has 0 spiro atoms. The molecule has 3 rings (SSSR count). The number of para-hydroxylation sites is 1. The molecule has 2 heterocycles. The van der Waals surface area contributed by atoms with E-state index in [4.69, 9.17) is 0 Å². The fourth-order valence-electron chi connectivity index (χ4n) is 2.67. The summed E-state index contributed by atoms with van der Waals surface area (Å²) in [4.78, 5) is 16.7. The summed E-state index contributed by atoms with van der Waals surface area (Å²) in [5.41, 5.74) is 1.01. The quantitative estimate of drug-likeness (QED) is 0.911. The molecular weight excluding hydrogens is 270 g/mol. The molecule has 2 aromatic rings. The molecule has 4 nitrogen and oxygen atoms in total. The molecule has 1 aliphatic heterocycles. The van der Waals surface area contributed by atoms with Crippen molar-refractivity contribution < 1.29 is 4.79 Å². The molecule has 0 saturated carbocycles. The van der Waals surface area contributed by atoms with Crippen LogP contribution in [0.4, 0.5) is 0 Å². The zero-order chi connectivity index (χ0) is 13.9. The number of piperidine rings is 1. The predicted octanol–water partition coefficient (Wildman–Crippen LogP) is 2.30. The van der Waals surface area contributed by atoms with Gasteiger partial charge < -0.3 is 10.6 Å². The van der Waals surface area contributed by atoms with Gasteiger partial charge >= 0.3 is 0 Å². The lowest BCUT2D eigenvalue weighted by atomic mass is 9.92. The molecule has 1 aliphatic rings. The molecule has 1 saturated heterocycles. The van der Waals surface area contributed by atoms with Crippen molar-refractivity contribution >= 4 is 27.5 Å². The molecule has 20 heavy (non-hydrogen) atoms. The number of nitrogens with zero attached hydrogens (tertiary/aromatic N) is 1. The number of thiazole rings is 1. The zero-order valence-electron chi connectivity index (χ0n) is 11.6. The molecule has 2 atom stereocenters. The van der Waals surface area contributed by atoms with Crippen molar-refractivity contribution in [2.24, 2.45) is 5.92 Å². The summed E-state index contributed by atoms with van der Waals surface area (Å²) in [5.74, 6) is 0.304. The molecule has 1 aromatic carbocycles. The van der Waals surface area contributed by atoms with E-state index in [9.17, 15) is 4.79 Å². The summed E-state index contributed by atoms with van der Waals surface area (Å²) in [5, 5.41) is 7.37. The number of amides is 1. The van der Waals surface area contributed by atoms with Crippen LogP contribution in [0.2, 0.25) is 0 Å². The molecule has 0 bridgehead atoms. The predicted molar refractivity (Wildman–Crippen MR) is 81.7 cm³/mol. The molecule has 1 fully saturated rings. The summed E-state index contributed by atoms with van der Waals surface area (Å²) in [6, 6.07) is 8.50. The van der Waals surface area contributed by atoms with Gasteiger partial charge in [-0.1, -0.05) is 12.1 Å². The van der Waals surface area contributed by atoms with Crippen molar-refractivity contribution in [3.63, 3.8) is 0 Å². The van der Waals surface area contributed by atoms with Crippen LogP contribution in [-0.4, -0.2) is 23.5 Å². The molecule has 2 unspecified atom stereocenters. The highest BCUT2D eigenvalue weighted by Crippen LogP contribution is 2.22. The first-order valence-electron chi connectivity index (χ1n) is 7.08. The van der Waals surface area contributed by atoms with Crippen molar-refractivity contribution in [3.05, 3.63) is 29.3 Å². The van der Waals surface area contributed by atoms with Crippen LogP contribution in [0.15, 0.2) is 24.3 Å². The van der Waals surface area contributed by atoms with E-state index in [2.05, 4.69) is 28.6 Å². The summed E-state index contributed by atoms with van der Waals surface area (Å²) in [7, 11) is 0. The van der Waals surface area contributed by atoms with Crippen LogP contribution in [0, 0.1) is 5.92 Å². The third kappa shape index (κ3) is 2.99. The molecule has 106 valence electrons. The first-order chi connectivity index (χ1) is 9.72. The minimum Gasteiger partial charge on any atom is -0.349 e. The van der Waals surface area contributed by atoms with Crippen molar-refractivity contribution in [2.75, 3.05) is 6.54 Å². The van der Waals surface area contributed by atoms with Gasteiger partial charge in [0.25, 0.3) is 0 Å². The minimum absolute atomic E-state index is 0.139. The second-order valence-electron chi connectivity index (χ2n) is 5.37. The summed E-state index contributed by atoms with van der Waals surface area (Å²) >= 11 is 1.65. The van der Waals surface area contributed by atoms with Crippen LogP contribution in [-0.2, 0) is 11.3 Å². The van der Waals surface area contributed by atoms with Crippen LogP contribution >= 0.6 is 11.3 Å². The van der Waals surface area contributed by atoms with E-state index < -0.39 is 0 Å². The molecular formula is C15H19N3OS. The number of aromatic nitrogens is 1. The summed E-state index contributed by atoms with van der Waals surface area (Å²) in [6.45, 7) is 3.60. The molecule has 2 N–H and O–H groups in total. The number of nitrogens with one attached hydrogen (secondary N) is 2. The van der Waals surface area contributed by atoms with Crippen LogP contribution in [0.1, 0.15) is 24.8 Å². The first kappa shape index (κ1) is 13.5. The molecule has 1 amide bonds. The third-order valence-electron chi connectivity index (χ3n) is 3.75. The SMILES string of the molecule is CC1CC(C(=O)NCc2nc3ccccc3s2)CCN1. The van der Waals surface area contributed by atoms with Gasteiger partial charge in [-0.3, -0.25) is 4.79 Å². The standard InChI is InChI=1S/C15H19N3OS/c1-10-8-11(6-7-16-10)15(19)17-9-14-18-12-4-2-3-5-13(12)20-14/h2-5,10-11,16H,6-9H2,1H3,(H,17,19). The van der Waals surface area contributed by atoms with Gasteiger partial charge in [0.2, 0.25) is 5.91 Å². The van der Waals surface area contributed by atoms with E-state index in [0.717, 1.165) is 29.9 Å². The van der Waals surface area contributed by atoms with Gasteiger partial charge in [-0.2, -0.15) is 0 Å². The topological polar surface area (TPSA) is 54.0 Å². The van der Waals surface area contributed by atoms with Gasteiger partial charge in [0.05, 0.1) is 16.8 Å². The van der Waals surface area contributed by atoms with Crippen molar-refractivity contribution in [2.45, 2.75) is 32.4 Å². The summed E-state index contributed by atoms with van der Waals surface area (Å²) in [6.07, 6.45) is 1.85. The number of hydrogen-bond acceptors (Lipinski definition) is 4. The maximum atomic E-state index is 12.2. The fraction of sp³-hybridized carbons (Fsp3) is 0.467. The van der Waals surface area contributed by atoms with Crippen LogP contribution in [0.25, 0.3) is 10.2 Å². The van der Waals surface area contributed by atoms with Gasteiger partial charge in [0.15, 0.2) is 0 Å². The van der Waals surface area contributed by atoms with Crippen LogP contribution < -0.4 is 10.6 Å². The Labute approximate surface area is 122 Å². The fourth-order valence-corrected chi connectivity index (χ4v) is 3.58. The molecule has 0 aliphatic carbocycles. The van der Waals surface area contributed by atoms with Gasteiger partial charge in [0, 0.05) is 12.0 Å². The third-order valence-corrected chi connectivity index (χ3v) is 4.78. The normalized spacial score (nSPS) is 22.9. The van der Waals surface area contributed by atoms with E-state index in [0.29, 0.717) is 12.6 Å². The van der Waals surface area contributed by atoms with E-state index in [1.54, 1.807) is 11.3 Å². The number of carbonyl (C=O) groups is 1. The molecule has 5 heteroatoms. The number of benzene rings is 1. The Morgan fingerprint density at radius 2 is 2.35 bits per heavy atom. The maximum Gasteiger partial charge on any atom is 0.223 e. The number of carbonyl (C=O) groups excluding carboxylic acids is 1. The zero-order valence-corrected chi connectivity index (χ0v) is 12.4. The van der Waals surface area contributed by atoms with Crippen molar-refractivity contribution in [3.8, 4) is 0 Å². The smallest absolute Gasteiger partial charge is 0.223 e. The Kier molecular flexibility index (Phi) is 3.98. The average molecular weight is 289 g/mol. The van der Waals surface area contributed by atoms with Gasteiger partial charge in [-0.25, -0.2) is 4.98 Å². The van der Waals surface area contributed by atoms with Gasteiger partial charge in [-0.05, 0) is 38.4 Å². The van der Waals surface area contributed by atoms with Gasteiger partial charge in [0.1, 0.15) is 5.01 Å². The molecule has 1 aromatic heterocycles. The minimum atomic E-state index is 0.139. The Bertz CT molecular complexity index is 577. The van der Waals surface area contributed by atoms with Crippen molar-refractivity contribution in [1.82, 2.24) is 15.6 Å². The summed E-state index contributed by atoms with van der Waals surface area (Å²) < 4.78 is 1.17. The van der Waals surface area contributed by atoms with Gasteiger partial charge in [-0.15, -0.1) is 11.3 Å². The number of rotatable bonds is 3. The highest BCUT2D eigenvalue weighted by Gasteiger charge is 2.24. The van der Waals surface area contributed by atoms with E-state index >= 15 is 0 Å². The lowest BCUT2D eigenvalue weighted by molar-refractivity contribution is -0.126. The Morgan fingerprint density at radius 3 is 3.15 bits per heavy atom. The maximum absolute atomic E-state index is 12.2. The van der Waals surface area contributed by atoms with Crippen LogP contribution in [0.3, 0.4) is 0 Å². The highest BCUT2D eigenvalue weighted by atomic mass is 32.1. The largest absolute Gasteiger partial charge is 0.349 e. The second kappa shape index (κ2) is 5.89. The van der Waals surface area contributed by atoms with Crippen molar-refractivity contribution in [1.29, 1.82) is 0 Å². The lowest BCUT2D eigenvalue weighted by Gasteiger charge is -2.26. The Hall–Kier alpha value is -1.46.